The van der Waals surface area contributed by atoms with Crippen molar-refractivity contribution < 1.29 is 0 Å². The predicted molar refractivity (Wildman–Crippen MR) is 304 cm³/mol. The summed E-state index contributed by atoms with van der Waals surface area (Å²) in [7, 11) is 0. The molecule has 1 aliphatic carbocycles. The topological polar surface area (TPSA) is 30.7 Å². The van der Waals surface area contributed by atoms with Crippen LogP contribution in [0.5, 0.6) is 0 Å². The second-order valence-corrected chi connectivity index (χ2v) is 18.5. The molecule has 0 amide bonds. The molecule has 2 aromatic heterocycles. The van der Waals surface area contributed by atoms with Crippen LogP contribution in [-0.4, -0.2) is 14.5 Å². The van der Waals surface area contributed by atoms with Gasteiger partial charge in [0.2, 0.25) is 0 Å². The fourth-order valence-electron chi connectivity index (χ4n) is 10.7. The number of rotatable bonds is 7. The van der Waals surface area contributed by atoms with E-state index < -0.39 is 0 Å². The van der Waals surface area contributed by atoms with E-state index >= 15 is 0 Å². The van der Waals surface area contributed by atoms with Crippen molar-refractivity contribution >= 4 is 49.4 Å². The van der Waals surface area contributed by atoms with Crippen LogP contribution in [0.1, 0.15) is 11.3 Å². The Hall–Kier alpha value is -9.44. The minimum absolute atomic E-state index is 0.682. The first kappa shape index (κ1) is 42.6. The van der Waals surface area contributed by atoms with Gasteiger partial charge in [-0.1, -0.05) is 219 Å². The van der Waals surface area contributed by atoms with Crippen molar-refractivity contribution in [2.24, 2.45) is 0 Å². The Morgan fingerprint density at radius 1 is 0.389 bits per heavy atom. The van der Waals surface area contributed by atoms with Crippen LogP contribution in [-0.2, 0) is 6.42 Å². The van der Waals surface area contributed by atoms with E-state index in [1.807, 2.05) is 0 Å². The van der Waals surface area contributed by atoms with Crippen LogP contribution < -0.4 is 0 Å². The lowest BCUT2D eigenvalue weighted by molar-refractivity contribution is 1.09. The highest BCUT2D eigenvalue weighted by Crippen LogP contribution is 2.43. The van der Waals surface area contributed by atoms with Crippen LogP contribution in [0.2, 0.25) is 0 Å². The Morgan fingerprint density at radius 2 is 0.972 bits per heavy atom. The average Bonchev–Trinajstić information content (AvgIpc) is 3.77. The van der Waals surface area contributed by atoms with Crippen LogP contribution in [0.15, 0.2) is 267 Å². The summed E-state index contributed by atoms with van der Waals surface area (Å²) < 4.78 is 2.47. The minimum Gasteiger partial charge on any atom is -0.309 e. The fraction of sp³-hybridized carbons (Fsp3) is 0.0145. The van der Waals surface area contributed by atoms with Gasteiger partial charge in [-0.3, -0.25) is 0 Å². The Morgan fingerprint density at radius 3 is 1.69 bits per heavy atom. The van der Waals surface area contributed by atoms with E-state index in [0.29, 0.717) is 5.82 Å². The molecular formula is C69H47N3. The van der Waals surface area contributed by atoms with Crippen molar-refractivity contribution in [3.8, 4) is 72.8 Å². The van der Waals surface area contributed by atoms with Crippen LogP contribution in [0.3, 0.4) is 0 Å². The molecule has 0 atom stereocenters. The predicted octanol–water partition coefficient (Wildman–Crippen LogP) is 18.1. The van der Waals surface area contributed by atoms with Crippen molar-refractivity contribution in [1.29, 1.82) is 0 Å². The molecule has 3 nitrogen and oxygen atoms in total. The number of aromatic nitrogens is 3. The van der Waals surface area contributed by atoms with Gasteiger partial charge in [-0.25, -0.2) is 9.97 Å². The molecule has 13 rings (SSSR count). The maximum atomic E-state index is 5.56. The molecule has 3 heteroatoms. The van der Waals surface area contributed by atoms with E-state index in [2.05, 4.69) is 272 Å². The lowest BCUT2D eigenvalue weighted by atomic mass is 9.93. The molecular weight excluding hydrogens is 871 g/mol. The average molecular weight is 918 g/mol. The molecule has 1 aliphatic rings. The Labute approximate surface area is 419 Å². The van der Waals surface area contributed by atoms with Gasteiger partial charge in [0, 0.05) is 27.3 Å². The summed E-state index contributed by atoms with van der Waals surface area (Å²) in [5.41, 5.74) is 18.8. The molecule has 0 saturated heterocycles. The number of nitrogens with zero attached hydrogens (tertiary/aromatic N) is 3. The third-order valence-electron chi connectivity index (χ3n) is 14.2. The van der Waals surface area contributed by atoms with E-state index in [-0.39, 0.29) is 0 Å². The first-order valence-electron chi connectivity index (χ1n) is 24.6. The van der Waals surface area contributed by atoms with Crippen molar-refractivity contribution in [1.82, 2.24) is 14.5 Å². The van der Waals surface area contributed by atoms with Crippen LogP contribution >= 0.6 is 0 Å². The van der Waals surface area contributed by atoms with Crippen molar-refractivity contribution in [2.45, 2.75) is 6.42 Å². The summed E-state index contributed by atoms with van der Waals surface area (Å²) in [6.07, 6.45) is 13.7. The number of fused-ring (bicyclic) bond motifs is 7. The van der Waals surface area contributed by atoms with Gasteiger partial charge in [-0.05, 0) is 127 Å². The molecule has 0 bridgehead atoms. The molecule has 0 N–H and O–H groups in total. The number of hydrogen-bond donors (Lipinski definition) is 0. The summed E-state index contributed by atoms with van der Waals surface area (Å²) in [6, 6.07) is 80.7. The van der Waals surface area contributed by atoms with E-state index in [1.54, 1.807) is 0 Å². The largest absolute Gasteiger partial charge is 0.309 e. The molecule has 0 spiro atoms. The van der Waals surface area contributed by atoms with E-state index in [9.17, 15) is 0 Å². The molecule has 10 aromatic carbocycles. The molecule has 0 aliphatic heterocycles. The molecule has 2 heterocycles. The lowest BCUT2D eigenvalue weighted by Gasteiger charge is -2.17. The van der Waals surface area contributed by atoms with E-state index in [4.69, 9.17) is 9.97 Å². The summed E-state index contributed by atoms with van der Waals surface area (Å²) >= 11 is 0. The number of allylic oxidation sites excluding steroid dienone is 6. The zero-order chi connectivity index (χ0) is 48.0. The lowest BCUT2D eigenvalue weighted by Crippen LogP contribution is -2.01. The van der Waals surface area contributed by atoms with E-state index in [0.717, 1.165) is 89.6 Å². The second kappa shape index (κ2) is 18.1. The minimum atomic E-state index is 0.682. The Balaban J connectivity index is 1.01. The third-order valence-corrected chi connectivity index (χ3v) is 14.2. The van der Waals surface area contributed by atoms with Gasteiger partial charge in [-0.2, -0.15) is 0 Å². The Bertz CT molecular complexity index is 4100. The monoisotopic (exact) mass is 917 g/mol. The molecule has 12 aromatic rings. The SMILES string of the molecule is C=C1C=Cc2c(c3c4cccc(-c5ccc(-c6ccccc6)cc5)c4ccc3n2-c2ccc(-c3nc(-c4cc(-c5ccccc5)cc(-c5ccccc5)c4)c4ccccc4n3)c3ccccc23)C/C=C\C=C/1. The molecule has 0 saturated carbocycles. The molecule has 338 valence electrons. The normalized spacial score (nSPS) is 13.4. The molecule has 72 heavy (non-hydrogen) atoms. The van der Waals surface area contributed by atoms with Crippen LogP contribution in [0, 0.1) is 0 Å². The third kappa shape index (κ3) is 7.65. The summed E-state index contributed by atoms with van der Waals surface area (Å²) in [4.78, 5) is 10.9. The van der Waals surface area contributed by atoms with Gasteiger partial charge in [0.05, 0.1) is 28.1 Å². The van der Waals surface area contributed by atoms with Crippen LogP contribution in [0.4, 0.5) is 0 Å². The van der Waals surface area contributed by atoms with Crippen molar-refractivity contribution in [3.05, 3.63) is 278 Å². The first-order valence-corrected chi connectivity index (χ1v) is 24.6. The highest BCUT2D eigenvalue weighted by molar-refractivity contribution is 6.15. The van der Waals surface area contributed by atoms with Gasteiger partial charge >= 0.3 is 0 Å². The van der Waals surface area contributed by atoms with Gasteiger partial charge in [0.25, 0.3) is 0 Å². The summed E-state index contributed by atoms with van der Waals surface area (Å²) in [5.74, 6) is 0.682. The highest BCUT2D eigenvalue weighted by atomic mass is 15.0. The summed E-state index contributed by atoms with van der Waals surface area (Å²) in [6.45, 7) is 4.39. The van der Waals surface area contributed by atoms with Crippen LogP contribution in [0.25, 0.3) is 122 Å². The standard InChI is InChI=1S/C69H47N3/c1-46-19-6-2-13-29-62-65(40-33-46)72(66-42-38-57-55(30-18-31-59(57)67(62)66)51-36-34-50(35-37-51)47-20-7-3-8-21-47)64-41-39-60(56-26-14-15-27-58(56)64)69-70-63-32-17-16-28-61(63)68(71-69)54-44-52(48-22-9-4-10-23-48)43-53(45-54)49-24-11-5-12-25-49/h2-28,30-45H,1,29H2/b13-2-,19-6-,40-33?. The highest BCUT2D eigenvalue weighted by Gasteiger charge is 2.23. The Kier molecular flexibility index (Phi) is 10.7. The van der Waals surface area contributed by atoms with Gasteiger partial charge in [-0.15, -0.1) is 0 Å². The van der Waals surface area contributed by atoms with Crippen molar-refractivity contribution in [2.75, 3.05) is 0 Å². The summed E-state index contributed by atoms with van der Waals surface area (Å²) in [5, 5.41) is 6.89. The van der Waals surface area contributed by atoms with Gasteiger partial charge in [0.15, 0.2) is 5.82 Å². The second-order valence-electron chi connectivity index (χ2n) is 18.5. The van der Waals surface area contributed by atoms with Crippen molar-refractivity contribution in [3.63, 3.8) is 0 Å². The van der Waals surface area contributed by atoms with Gasteiger partial charge < -0.3 is 4.57 Å². The van der Waals surface area contributed by atoms with Gasteiger partial charge in [0.1, 0.15) is 0 Å². The number of hydrogen-bond acceptors (Lipinski definition) is 2. The quantitative estimate of drug-likeness (QED) is 0.159. The first-order chi connectivity index (χ1) is 35.6. The maximum Gasteiger partial charge on any atom is 0.161 e. The zero-order valence-electron chi connectivity index (χ0n) is 39.6. The zero-order valence-corrected chi connectivity index (χ0v) is 39.6. The number of para-hydroxylation sites is 1. The fourth-order valence-corrected chi connectivity index (χ4v) is 10.7. The maximum absolute atomic E-state index is 5.56. The molecule has 0 radical (unpaired) electrons. The smallest absolute Gasteiger partial charge is 0.161 e. The molecule has 0 fully saturated rings. The number of benzene rings is 10. The molecule has 0 unspecified atom stereocenters. The van der Waals surface area contributed by atoms with E-state index in [1.165, 1.54) is 44.0 Å².